The van der Waals surface area contributed by atoms with Crippen LogP contribution in [0.5, 0.6) is 0 Å². The van der Waals surface area contributed by atoms with Crippen LogP contribution in [-0.4, -0.2) is 17.1 Å². The number of carbonyl (C=O) groups is 1. The molecule has 80 valence electrons. The lowest BCUT2D eigenvalue weighted by Gasteiger charge is -2.06. The van der Waals surface area contributed by atoms with Gasteiger partial charge < -0.3 is 5.11 Å². The van der Waals surface area contributed by atoms with Gasteiger partial charge in [-0.05, 0) is 30.9 Å². The largest absolute Gasteiger partial charge is 0.480 e. The summed E-state index contributed by atoms with van der Waals surface area (Å²) in [6.07, 6.45) is 0.819. The zero-order valence-corrected chi connectivity index (χ0v) is 8.51. The van der Waals surface area contributed by atoms with Gasteiger partial charge in [0.2, 0.25) is 0 Å². The number of carboxylic acids is 1. The van der Waals surface area contributed by atoms with Crippen LogP contribution in [0.3, 0.4) is 0 Å². The summed E-state index contributed by atoms with van der Waals surface area (Å²) in [5, 5.41) is 11.2. The molecular weight excluding hydrogens is 194 g/mol. The Kier molecular flexibility index (Phi) is 3.97. The van der Waals surface area contributed by atoms with Crippen molar-refractivity contribution in [1.29, 1.82) is 0 Å². The number of hydrogen-bond acceptors (Lipinski definition) is 3. The summed E-state index contributed by atoms with van der Waals surface area (Å²) < 4.78 is 0. The monoisotopic (exact) mass is 207 g/mol. The van der Waals surface area contributed by atoms with E-state index in [9.17, 15) is 9.70 Å². The Balaban J connectivity index is 2.60. The number of nitrogens with zero attached hydrogens (tertiary/aromatic N) is 1. The summed E-state index contributed by atoms with van der Waals surface area (Å²) in [5.74, 6) is -1.15. The van der Waals surface area contributed by atoms with Crippen LogP contribution in [0, 0.1) is 11.8 Å². The molecule has 0 saturated carbocycles. The van der Waals surface area contributed by atoms with Crippen molar-refractivity contribution in [3.63, 3.8) is 0 Å². The van der Waals surface area contributed by atoms with Crippen molar-refractivity contribution in [3.8, 4) is 0 Å². The van der Waals surface area contributed by atoms with E-state index in [0.717, 1.165) is 11.1 Å². The minimum Gasteiger partial charge on any atom is -0.480 e. The van der Waals surface area contributed by atoms with E-state index in [1.54, 1.807) is 0 Å². The second kappa shape index (κ2) is 5.24. The van der Waals surface area contributed by atoms with Crippen LogP contribution >= 0.6 is 0 Å². The number of nitroso groups, excluding NO2 is 1. The van der Waals surface area contributed by atoms with E-state index in [1.807, 2.05) is 31.2 Å². The highest BCUT2D eigenvalue weighted by atomic mass is 16.4. The summed E-state index contributed by atoms with van der Waals surface area (Å²) in [7, 11) is 0. The first-order chi connectivity index (χ1) is 7.15. The fourth-order valence-corrected chi connectivity index (χ4v) is 1.40. The Morgan fingerprint density at radius 3 is 2.67 bits per heavy atom. The van der Waals surface area contributed by atoms with Gasteiger partial charge in [0, 0.05) is 0 Å². The van der Waals surface area contributed by atoms with Gasteiger partial charge in [-0.2, -0.15) is 0 Å². The van der Waals surface area contributed by atoms with E-state index in [1.165, 1.54) is 0 Å². The number of aliphatic carboxylic acids is 1. The Labute approximate surface area is 87.9 Å². The smallest absolute Gasteiger partial charge is 0.332 e. The van der Waals surface area contributed by atoms with Crippen molar-refractivity contribution in [2.75, 3.05) is 0 Å². The lowest BCUT2D eigenvalue weighted by atomic mass is 10.0. The van der Waals surface area contributed by atoms with E-state index in [0.29, 0.717) is 6.42 Å². The van der Waals surface area contributed by atoms with E-state index >= 15 is 0 Å². The number of hydrogen-bond donors (Lipinski definition) is 1. The molecule has 0 aliphatic rings. The molecule has 15 heavy (non-hydrogen) atoms. The molecule has 0 aliphatic heterocycles. The molecule has 0 aliphatic carbocycles. The zero-order valence-electron chi connectivity index (χ0n) is 8.51. The van der Waals surface area contributed by atoms with Crippen molar-refractivity contribution >= 4 is 5.97 Å². The molecule has 1 aromatic rings. The molecule has 0 heterocycles. The molecular formula is C11H13NO3. The van der Waals surface area contributed by atoms with Gasteiger partial charge in [-0.1, -0.05) is 29.4 Å². The summed E-state index contributed by atoms with van der Waals surface area (Å²) >= 11 is 0. The normalized spacial score (nSPS) is 12.1. The van der Waals surface area contributed by atoms with Crippen molar-refractivity contribution in [3.05, 3.63) is 40.3 Å². The Morgan fingerprint density at radius 1 is 1.47 bits per heavy atom. The van der Waals surface area contributed by atoms with Crippen LogP contribution in [-0.2, 0) is 11.2 Å². The van der Waals surface area contributed by atoms with Crippen molar-refractivity contribution in [2.45, 2.75) is 25.8 Å². The first-order valence-electron chi connectivity index (χ1n) is 4.75. The highest BCUT2D eigenvalue weighted by Crippen LogP contribution is 2.12. The van der Waals surface area contributed by atoms with Crippen LogP contribution in [0.25, 0.3) is 0 Å². The van der Waals surface area contributed by atoms with Crippen LogP contribution in [0.2, 0.25) is 0 Å². The van der Waals surface area contributed by atoms with Gasteiger partial charge in [-0.25, -0.2) is 4.79 Å². The molecule has 0 bridgehead atoms. The van der Waals surface area contributed by atoms with Crippen molar-refractivity contribution in [2.24, 2.45) is 5.18 Å². The maximum Gasteiger partial charge on any atom is 0.332 e. The molecule has 1 rings (SSSR count). The molecule has 0 radical (unpaired) electrons. The zero-order chi connectivity index (χ0) is 11.3. The van der Waals surface area contributed by atoms with Gasteiger partial charge in [0.05, 0.1) is 0 Å². The predicted molar refractivity (Wildman–Crippen MR) is 56.7 cm³/mol. The molecule has 4 nitrogen and oxygen atoms in total. The molecule has 1 unspecified atom stereocenters. The SMILES string of the molecule is Cc1ccccc1CCC(N=O)C(=O)O. The summed E-state index contributed by atoms with van der Waals surface area (Å²) in [5.41, 5.74) is 2.17. The predicted octanol–water partition coefficient (Wildman–Crippen LogP) is 2.15. The average Bonchev–Trinajstić information content (AvgIpc) is 2.21. The molecule has 0 saturated heterocycles. The minimum absolute atomic E-state index is 0.254. The minimum atomic E-state index is -1.15. The first-order valence-corrected chi connectivity index (χ1v) is 4.75. The van der Waals surface area contributed by atoms with Crippen molar-refractivity contribution < 1.29 is 9.90 Å². The molecule has 1 N–H and O–H groups in total. The van der Waals surface area contributed by atoms with E-state index < -0.39 is 12.0 Å². The summed E-state index contributed by atoms with van der Waals surface area (Å²) in [4.78, 5) is 20.8. The van der Waals surface area contributed by atoms with Crippen LogP contribution in [0.1, 0.15) is 17.5 Å². The van der Waals surface area contributed by atoms with Crippen molar-refractivity contribution in [1.82, 2.24) is 0 Å². The van der Waals surface area contributed by atoms with Gasteiger partial charge in [0.1, 0.15) is 0 Å². The third-order valence-corrected chi connectivity index (χ3v) is 2.36. The second-order valence-corrected chi connectivity index (χ2v) is 3.42. The van der Waals surface area contributed by atoms with E-state index in [4.69, 9.17) is 5.11 Å². The fourth-order valence-electron chi connectivity index (χ4n) is 1.40. The van der Waals surface area contributed by atoms with E-state index in [-0.39, 0.29) is 6.42 Å². The Morgan fingerprint density at radius 2 is 2.13 bits per heavy atom. The average molecular weight is 207 g/mol. The Hall–Kier alpha value is -1.71. The fraction of sp³-hybridized carbons (Fsp3) is 0.364. The second-order valence-electron chi connectivity index (χ2n) is 3.42. The van der Waals surface area contributed by atoms with Gasteiger partial charge >= 0.3 is 5.97 Å². The van der Waals surface area contributed by atoms with E-state index in [2.05, 4.69) is 5.18 Å². The number of rotatable bonds is 5. The Bertz CT molecular complexity index is 363. The maximum atomic E-state index is 10.5. The molecule has 0 fully saturated rings. The third kappa shape index (κ3) is 3.16. The van der Waals surface area contributed by atoms with Gasteiger partial charge in [0.25, 0.3) is 0 Å². The number of aryl methyl sites for hydroxylation is 2. The number of carboxylic acid groups (broad SMARTS) is 1. The van der Waals surface area contributed by atoms with Gasteiger partial charge in [-0.15, -0.1) is 4.91 Å². The number of benzene rings is 1. The third-order valence-electron chi connectivity index (χ3n) is 2.36. The maximum absolute atomic E-state index is 10.5. The quantitative estimate of drug-likeness (QED) is 0.752. The van der Waals surface area contributed by atoms with Crippen LogP contribution in [0.15, 0.2) is 29.4 Å². The summed E-state index contributed by atoms with van der Waals surface area (Å²) in [6.45, 7) is 1.96. The van der Waals surface area contributed by atoms with Crippen LogP contribution < -0.4 is 0 Å². The highest BCUT2D eigenvalue weighted by molar-refractivity contribution is 5.73. The molecule has 0 spiro atoms. The van der Waals surface area contributed by atoms with Crippen LogP contribution in [0.4, 0.5) is 0 Å². The lowest BCUT2D eigenvalue weighted by Crippen LogP contribution is -2.17. The molecule has 4 heteroatoms. The summed E-state index contributed by atoms with van der Waals surface area (Å²) in [6, 6.07) is 6.57. The first kappa shape index (κ1) is 11.4. The highest BCUT2D eigenvalue weighted by Gasteiger charge is 2.17. The molecule has 0 aromatic heterocycles. The van der Waals surface area contributed by atoms with Gasteiger partial charge in [0.15, 0.2) is 6.04 Å². The molecule has 1 aromatic carbocycles. The van der Waals surface area contributed by atoms with Gasteiger partial charge in [-0.3, -0.25) is 0 Å². The topological polar surface area (TPSA) is 66.7 Å². The molecule has 0 amide bonds. The molecule has 1 atom stereocenters. The lowest BCUT2D eigenvalue weighted by molar-refractivity contribution is -0.138. The standard InChI is InChI=1S/C11H13NO3/c1-8-4-2-3-5-9(8)6-7-10(12-15)11(13)14/h2-5,10H,6-7H2,1H3,(H,13,14).